The Morgan fingerprint density at radius 2 is 2.25 bits per heavy atom. The normalized spacial score (nSPS) is 11.7. The molecule has 0 amide bonds. The van der Waals surface area contributed by atoms with E-state index in [1.807, 2.05) is 0 Å². The molecule has 0 fully saturated rings. The van der Waals surface area contributed by atoms with Gasteiger partial charge in [-0.3, -0.25) is 0 Å². The van der Waals surface area contributed by atoms with Gasteiger partial charge >= 0.3 is 0 Å². The molecular formula is C7H7ClN2O2. The van der Waals surface area contributed by atoms with Crippen LogP contribution in [0.2, 0.25) is 5.02 Å². The number of hydrogen-bond acceptors (Lipinski definition) is 2. The van der Waals surface area contributed by atoms with Gasteiger partial charge in [0.05, 0.1) is 5.02 Å². The lowest BCUT2D eigenvalue weighted by Crippen LogP contribution is -1.93. The minimum atomic E-state index is 0.112. The van der Waals surface area contributed by atoms with Gasteiger partial charge in [-0.15, -0.1) is 0 Å². The summed E-state index contributed by atoms with van der Waals surface area (Å²) in [6.45, 7) is 1.67. The number of benzene rings is 1. The number of hydrogen-bond donors (Lipinski definition) is 1. The second-order valence-corrected chi connectivity index (χ2v) is 2.65. The standard InChI is InChI=1S/C7H7ClN2O2/c1-5-6(8)3-2-4-7(5)10(12)9-11/h2-4,11H,1H3/b10-9-. The van der Waals surface area contributed by atoms with Crippen molar-refractivity contribution in [2.45, 2.75) is 6.92 Å². The van der Waals surface area contributed by atoms with Crippen molar-refractivity contribution >= 4 is 17.3 Å². The summed E-state index contributed by atoms with van der Waals surface area (Å²) in [7, 11) is 0. The van der Waals surface area contributed by atoms with Gasteiger partial charge in [0.1, 0.15) is 0 Å². The van der Waals surface area contributed by atoms with Crippen molar-refractivity contribution in [3.05, 3.63) is 34.0 Å². The lowest BCUT2D eigenvalue weighted by molar-refractivity contribution is -0.474. The molecule has 0 aromatic heterocycles. The lowest BCUT2D eigenvalue weighted by Gasteiger charge is -2.01. The van der Waals surface area contributed by atoms with Crippen molar-refractivity contribution in [2.75, 3.05) is 0 Å². The smallest absolute Gasteiger partial charge is 0.252 e. The zero-order valence-corrected chi connectivity index (χ0v) is 7.12. The molecule has 0 saturated heterocycles. The Hall–Kier alpha value is -1.29. The monoisotopic (exact) mass is 186 g/mol. The maximum absolute atomic E-state index is 10.8. The molecule has 0 aliphatic heterocycles. The summed E-state index contributed by atoms with van der Waals surface area (Å²) in [5, 5.41) is 22.0. The van der Waals surface area contributed by atoms with Gasteiger partial charge in [-0.1, -0.05) is 17.7 Å². The Kier molecular flexibility index (Phi) is 2.50. The maximum Gasteiger partial charge on any atom is 0.252 e. The van der Waals surface area contributed by atoms with E-state index >= 15 is 0 Å². The Morgan fingerprint density at radius 3 is 2.83 bits per heavy atom. The molecule has 4 nitrogen and oxygen atoms in total. The molecule has 0 atom stereocenters. The zero-order valence-electron chi connectivity index (χ0n) is 6.36. The van der Waals surface area contributed by atoms with Crippen molar-refractivity contribution in [3.8, 4) is 0 Å². The first-order valence-corrected chi connectivity index (χ1v) is 3.62. The first kappa shape index (κ1) is 8.80. The molecule has 5 heteroatoms. The van der Waals surface area contributed by atoms with E-state index in [4.69, 9.17) is 16.8 Å². The molecule has 0 bridgehead atoms. The molecule has 0 spiro atoms. The molecule has 0 aliphatic rings. The van der Waals surface area contributed by atoms with Crippen LogP contribution in [0.5, 0.6) is 0 Å². The third kappa shape index (κ3) is 1.48. The summed E-state index contributed by atoms with van der Waals surface area (Å²) in [4.78, 5) is 0.112. The van der Waals surface area contributed by atoms with Crippen molar-refractivity contribution in [3.63, 3.8) is 0 Å². The fourth-order valence-electron chi connectivity index (χ4n) is 0.851. The van der Waals surface area contributed by atoms with Gasteiger partial charge in [0, 0.05) is 11.6 Å². The van der Waals surface area contributed by atoms with E-state index in [9.17, 15) is 5.21 Å². The largest absolute Gasteiger partial charge is 0.592 e. The third-order valence-electron chi connectivity index (χ3n) is 1.53. The number of halogens is 1. The summed E-state index contributed by atoms with van der Waals surface area (Å²) in [5.74, 6) is 0. The molecule has 1 rings (SSSR count). The molecule has 1 aromatic carbocycles. The molecule has 0 radical (unpaired) electrons. The first-order valence-electron chi connectivity index (χ1n) is 3.24. The third-order valence-corrected chi connectivity index (χ3v) is 1.94. The molecular weight excluding hydrogens is 180 g/mol. The van der Waals surface area contributed by atoms with Crippen LogP contribution in [0.3, 0.4) is 0 Å². The van der Waals surface area contributed by atoms with Crippen LogP contribution in [0.1, 0.15) is 5.56 Å². The zero-order chi connectivity index (χ0) is 9.14. The van der Waals surface area contributed by atoms with Crippen molar-refractivity contribution in [1.29, 1.82) is 0 Å². The second kappa shape index (κ2) is 3.40. The highest BCUT2D eigenvalue weighted by atomic mass is 35.5. The van der Waals surface area contributed by atoms with E-state index in [-0.39, 0.29) is 10.5 Å². The second-order valence-electron chi connectivity index (χ2n) is 2.25. The molecule has 0 heterocycles. The van der Waals surface area contributed by atoms with Gasteiger partial charge in [-0.25, -0.2) is 0 Å². The van der Waals surface area contributed by atoms with Crippen molar-refractivity contribution < 1.29 is 10.1 Å². The van der Waals surface area contributed by atoms with Crippen LogP contribution in [0.15, 0.2) is 23.5 Å². The van der Waals surface area contributed by atoms with Gasteiger partial charge in [-0.05, 0) is 17.9 Å². The highest BCUT2D eigenvalue weighted by Crippen LogP contribution is 2.24. The van der Waals surface area contributed by atoms with Crippen LogP contribution in [0.25, 0.3) is 0 Å². The van der Waals surface area contributed by atoms with Crippen LogP contribution in [-0.2, 0) is 0 Å². The number of nitrogens with zero attached hydrogens (tertiary/aromatic N) is 2. The van der Waals surface area contributed by atoms with Crippen LogP contribution in [0, 0.1) is 12.1 Å². The molecule has 0 unspecified atom stereocenters. The quantitative estimate of drug-likeness (QED) is 0.416. The Morgan fingerprint density at radius 1 is 1.58 bits per heavy atom. The van der Waals surface area contributed by atoms with Crippen molar-refractivity contribution in [1.82, 2.24) is 0 Å². The molecule has 1 aromatic rings. The first-order chi connectivity index (χ1) is 5.66. The van der Waals surface area contributed by atoms with E-state index < -0.39 is 0 Å². The number of rotatable bonds is 1. The summed E-state index contributed by atoms with van der Waals surface area (Å²) in [5.41, 5.74) is 0.831. The highest BCUT2D eigenvalue weighted by molar-refractivity contribution is 6.31. The van der Waals surface area contributed by atoms with Crippen LogP contribution >= 0.6 is 11.6 Å². The van der Waals surface area contributed by atoms with Crippen LogP contribution < -0.4 is 0 Å². The predicted molar refractivity (Wildman–Crippen MR) is 43.7 cm³/mol. The predicted octanol–water partition coefficient (Wildman–Crippen LogP) is 2.63. The van der Waals surface area contributed by atoms with E-state index in [1.165, 1.54) is 6.07 Å². The summed E-state index contributed by atoms with van der Waals surface area (Å²) < 4.78 is 0. The fraction of sp³-hybridized carbons (Fsp3) is 0.143. The Bertz CT molecular complexity index is 325. The molecule has 12 heavy (non-hydrogen) atoms. The molecule has 0 saturated carbocycles. The van der Waals surface area contributed by atoms with Gasteiger partial charge in [0.2, 0.25) is 5.28 Å². The summed E-state index contributed by atoms with van der Waals surface area (Å²) in [6.07, 6.45) is 0. The van der Waals surface area contributed by atoms with Crippen molar-refractivity contribution in [2.24, 2.45) is 5.28 Å². The van der Waals surface area contributed by atoms with E-state index in [2.05, 4.69) is 5.28 Å². The summed E-state index contributed by atoms with van der Waals surface area (Å²) >= 11 is 5.73. The Balaban J connectivity index is 3.26. The van der Waals surface area contributed by atoms with E-state index in [1.54, 1.807) is 19.1 Å². The van der Waals surface area contributed by atoms with Gasteiger partial charge < -0.3 is 10.4 Å². The average molecular weight is 187 g/mol. The Labute approximate surface area is 74.3 Å². The average Bonchev–Trinajstić information content (AvgIpc) is 2.08. The minimum absolute atomic E-state index is 0.112. The lowest BCUT2D eigenvalue weighted by atomic mass is 10.2. The molecule has 0 aliphatic carbocycles. The summed E-state index contributed by atoms with van der Waals surface area (Å²) in [6, 6.07) is 4.79. The fourth-order valence-corrected chi connectivity index (χ4v) is 1.02. The van der Waals surface area contributed by atoms with Crippen LogP contribution in [0.4, 0.5) is 5.69 Å². The van der Waals surface area contributed by atoms with E-state index in [0.717, 1.165) is 0 Å². The minimum Gasteiger partial charge on any atom is -0.592 e. The molecule has 64 valence electrons. The van der Waals surface area contributed by atoms with Crippen LogP contribution in [-0.4, -0.2) is 10.1 Å². The maximum atomic E-state index is 10.8. The molecule has 1 N–H and O–H groups in total. The highest BCUT2D eigenvalue weighted by Gasteiger charge is 2.10. The van der Waals surface area contributed by atoms with Gasteiger partial charge in [-0.2, -0.15) is 0 Å². The topological polar surface area (TPSA) is 58.7 Å². The van der Waals surface area contributed by atoms with E-state index in [0.29, 0.717) is 10.6 Å². The van der Waals surface area contributed by atoms with Gasteiger partial charge in [0.15, 0.2) is 0 Å². The van der Waals surface area contributed by atoms with Gasteiger partial charge in [0.25, 0.3) is 5.69 Å². The SMILES string of the molecule is Cc1c(Cl)cccc1/[N+]([O-])=N/O.